The van der Waals surface area contributed by atoms with Gasteiger partial charge in [-0.1, -0.05) is 12.1 Å². The number of carbonyl (C=O) groups is 1. The summed E-state index contributed by atoms with van der Waals surface area (Å²) in [5.74, 6) is 0.369. The first kappa shape index (κ1) is 11.6. The predicted octanol–water partition coefficient (Wildman–Crippen LogP) is 2.36. The number of rotatable bonds is 4. The summed E-state index contributed by atoms with van der Waals surface area (Å²) < 4.78 is 9.99. The molecule has 0 saturated heterocycles. The van der Waals surface area contributed by atoms with Gasteiger partial charge in [0.25, 0.3) is 0 Å². The van der Waals surface area contributed by atoms with Gasteiger partial charge in [0.2, 0.25) is 0 Å². The third-order valence-corrected chi connectivity index (χ3v) is 2.26. The monoisotopic (exact) mass is 208 g/mol. The number of hydrogen-bond acceptors (Lipinski definition) is 3. The summed E-state index contributed by atoms with van der Waals surface area (Å²) >= 11 is 0. The number of esters is 1. The van der Waals surface area contributed by atoms with Crippen molar-refractivity contribution < 1.29 is 14.3 Å². The fourth-order valence-corrected chi connectivity index (χ4v) is 1.30. The summed E-state index contributed by atoms with van der Waals surface area (Å²) in [6.45, 7) is 4.05. The summed E-state index contributed by atoms with van der Waals surface area (Å²) in [5.41, 5.74) is 0.939. The lowest BCUT2D eigenvalue weighted by Gasteiger charge is -2.11. The molecule has 0 amide bonds. The molecule has 82 valence electrons. The maximum atomic E-state index is 11.4. The highest BCUT2D eigenvalue weighted by atomic mass is 16.5. The Morgan fingerprint density at radius 3 is 2.40 bits per heavy atom. The van der Waals surface area contributed by atoms with E-state index in [1.165, 1.54) is 0 Å². The van der Waals surface area contributed by atoms with Crippen LogP contribution in [0.25, 0.3) is 0 Å². The molecule has 15 heavy (non-hydrogen) atoms. The van der Waals surface area contributed by atoms with Crippen molar-refractivity contribution in [1.82, 2.24) is 0 Å². The quantitative estimate of drug-likeness (QED) is 0.712. The summed E-state index contributed by atoms with van der Waals surface area (Å²) in [7, 11) is 1.61. The maximum Gasteiger partial charge on any atom is 0.313 e. The molecular formula is C12H16O3. The molecule has 1 aromatic rings. The lowest BCUT2D eigenvalue weighted by atomic mass is 10.0. The van der Waals surface area contributed by atoms with Crippen LogP contribution < -0.4 is 4.74 Å². The number of ether oxygens (including phenoxy) is 2. The third-order valence-electron chi connectivity index (χ3n) is 2.26. The van der Waals surface area contributed by atoms with E-state index in [0.29, 0.717) is 6.61 Å². The molecule has 1 rings (SSSR count). The molecule has 0 saturated carbocycles. The van der Waals surface area contributed by atoms with Gasteiger partial charge in [-0.05, 0) is 31.5 Å². The Bertz CT molecular complexity index is 316. The molecule has 0 spiro atoms. The van der Waals surface area contributed by atoms with Gasteiger partial charge in [-0.25, -0.2) is 0 Å². The lowest BCUT2D eigenvalue weighted by Crippen LogP contribution is -2.12. The van der Waals surface area contributed by atoms with Crippen molar-refractivity contribution in [3.8, 4) is 5.75 Å². The Hall–Kier alpha value is -1.51. The molecule has 0 fully saturated rings. The van der Waals surface area contributed by atoms with Crippen LogP contribution in [0.4, 0.5) is 0 Å². The van der Waals surface area contributed by atoms with Gasteiger partial charge in [0.15, 0.2) is 0 Å². The van der Waals surface area contributed by atoms with Gasteiger partial charge in [0.1, 0.15) is 5.75 Å². The highest BCUT2D eigenvalue weighted by molar-refractivity contribution is 5.77. The fraction of sp³-hybridized carbons (Fsp3) is 0.417. The molecule has 3 nitrogen and oxygen atoms in total. The Labute approximate surface area is 90.0 Å². The van der Waals surface area contributed by atoms with Gasteiger partial charge in [0, 0.05) is 0 Å². The molecule has 1 atom stereocenters. The standard InChI is InChI=1S/C12H16O3/c1-4-15-12(13)9(2)10-5-7-11(14-3)8-6-10/h5-9H,4H2,1-3H3/t9-/m0/s1. The molecule has 0 unspecified atom stereocenters. The number of hydrogen-bond donors (Lipinski definition) is 0. The summed E-state index contributed by atoms with van der Waals surface area (Å²) in [4.78, 5) is 11.4. The number of benzene rings is 1. The van der Waals surface area contributed by atoms with Crippen molar-refractivity contribution >= 4 is 5.97 Å². The van der Waals surface area contributed by atoms with E-state index in [9.17, 15) is 4.79 Å². The molecule has 0 N–H and O–H groups in total. The summed E-state index contributed by atoms with van der Waals surface area (Å²) in [6, 6.07) is 7.43. The van der Waals surface area contributed by atoms with E-state index >= 15 is 0 Å². The minimum atomic E-state index is -0.226. The summed E-state index contributed by atoms with van der Waals surface area (Å²) in [6.07, 6.45) is 0. The van der Waals surface area contributed by atoms with Crippen molar-refractivity contribution in [2.75, 3.05) is 13.7 Å². The molecule has 0 heterocycles. The Balaban J connectivity index is 2.73. The molecule has 1 aromatic carbocycles. The van der Waals surface area contributed by atoms with Gasteiger partial charge >= 0.3 is 5.97 Å². The van der Waals surface area contributed by atoms with E-state index < -0.39 is 0 Å². The first-order valence-corrected chi connectivity index (χ1v) is 4.99. The second-order valence-corrected chi connectivity index (χ2v) is 3.25. The predicted molar refractivity (Wildman–Crippen MR) is 58.0 cm³/mol. The molecular weight excluding hydrogens is 192 g/mol. The summed E-state index contributed by atoms with van der Waals surface area (Å²) in [5, 5.41) is 0. The minimum Gasteiger partial charge on any atom is -0.497 e. The van der Waals surface area contributed by atoms with Crippen LogP contribution in [-0.2, 0) is 9.53 Å². The number of carbonyl (C=O) groups excluding carboxylic acids is 1. The molecule has 0 aliphatic heterocycles. The molecule has 0 aromatic heterocycles. The van der Waals surface area contributed by atoms with E-state index in [2.05, 4.69) is 0 Å². The van der Waals surface area contributed by atoms with Gasteiger partial charge in [0.05, 0.1) is 19.6 Å². The van der Waals surface area contributed by atoms with Gasteiger partial charge in [-0.15, -0.1) is 0 Å². The van der Waals surface area contributed by atoms with Crippen molar-refractivity contribution in [3.05, 3.63) is 29.8 Å². The maximum absolute atomic E-state index is 11.4. The molecule has 0 aliphatic rings. The highest BCUT2D eigenvalue weighted by Gasteiger charge is 2.15. The average molecular weight is 208 g/mol. The van der Waals surface area contributed by atoms with E-state index in [4.69, 9.17) is 9.47 Å². The van der Waals surface area contributed by atoms with E-state index in [1.54, 1.807) is 14.0 Å². The zero-order chi connectivity index (χ0) is 11.3. The molecule has 0 radical (unpaired) electrons. The second kappa shape index (κ2) is 5.39. The SMILES string of the molecule is CCOC(=O)[C@@H](C)c1ccc(OC)cc1. The van der Waals surface area contributed by atoms with Crippen LogP contribution in [0.5, 0.6) is 5.75 Å². The topological polar surface area (TPSA) is 35.5 Å². The first-order valence-electron chi connectivity index (χ1n) is 4.99. The van der Waals surface area contributed by atoms with Crippen LogP contribution in [-0.4, -0.2) is 19.7 Å². The average Bonchev–Trinajstić information content (AvgIpc) is 2.28. The molecule has 0 aliphatic carbocycles. The molecule has 0 bridgehead atoms. The highest BCUT2D eigenvalue weighted by Crippen LogP contribution is 2.20. The number of methoxy groups -OCH3 is 1. The Morgan fingerprint density at radius 2 is 1.93 bits per heavy atom. The first-order chi connectivity index (χ1) is 7.19. The van der Waals surface area contributed by atoms with Gasteiger partial charge in [-0.3, -0.25) is 4.79 Å². The normalized spacial score (nSPS) is 11.9. The zero-order valence-corrected chi connectivity index (χ0v) is 9.32. The Kier molecular flexibility index (Phi) is 4.16. The van der Waals surface area contributed by atoms with Crippen molar-refractivity contribution in [2.24, 2.45) is 0 Å². The van der Waals surface area contributed by atoms with Crippen LogP contribution in [0.1, 0.15) is 25.3 Å². The van der Waals surface area contributed by atoms with E-state index in [-0.39, 0.29) is 11.9 Å². The van der Waals surface area contributed by atoms with Gasteiger partial charge in [-0.2, -0.15) is 0 Å². The van der Waals surface area contributed by atoms with E-state index in [0.717, 1.165) is 11.3 Å². The smallest absolute Gasteiger partial charge is 0.313 e. The zero-order valence-electron chi connectivity index (χ0n) is 9.32. The van der Waals surface area contributed by atoms with Gasteiger partial charge < -0.3 is 9.47 Å². The fourth-order valence-electron chi connectivity index (χ4n) is 1.30. The Morgan fingerprint density at radius 1 is 1.33 bits per heavy atom. The van der Waals surface area contributed by atoms with Crippen molar-refractivity contribution in [2.45, 2.75) is 19.8 Å². The van der Waals surface area contributed by atoms with Crippen LogP contribution in [0.2, 0.25) is 0 Å². The van der Waals surface area contributed by atoms with Crippen LogP contribution in [0, 0.1) is 0 Å². The van der Waals surface area contributed by atoms with Crippen LogP contribution in [0.3, 0.4) is 0 Å². The minimum absolute atomic E-state index is 0.192. The molecule has 3 heteroatoms. The van der Waals surface area contributed by atoms with Crippen molar-refractivity contribution in [3.63, 3.8) is 0 Å². The van der Waals surface area contributed by atoms with Crippen LogP contribution >= 0.6 is 0 Å². The second-order valence-electron chi connectivity index (χ2n) is 3.25. The largest absolute Gasteiger partial charge is 0.497 e. The third kappa shape index (κ3) is 2.98. The van der Waals surface area contributed by atoms with Crippen LogP contribution in [0.15, 0.2) is 24.3 Å². The lowest BCUT2D eigenvalue weighted by molar-refractivity contribution is -0.144. The van der Waals surface area contributed by atoms with E-state index in [1.807, 2.05) is 31.2 Å². The van der Waals surface area contributed by atoms with Crippen molar-refractivity contribution in [1.29, 1.82) is 0 Å².